The second-order valence-corrected chi connectivity index (χ2v) is 7.79. The number of aromatic nitrogens is 2. The van der Waals surface area contributed by atoms with Gasteiger partial charge in [-0.1, -0.05) is 24.3 Å². The molecule has 2 aromatic carbocycles. The topological polar surface area (TPSA) is 39.5 Å². The van der Waals surface area contributed by atoms with E-state index >= 15 is 0 Å². The standard InChI is InChI=1S/C23H25N3O2/c1-16-10-17(20-12-24-25(2)13-20)5-6-19(16)14-26-9-3-4-21(26)18-7-8-22-23(11-18)28-15-27-22/h5-8,10-13,21H,3-4,9,14-15H2,1-2H3. The molecular formula is C23H25N3O2. The minimum absolute atomic E-state index is 0.329. The normalized spacial score (nSPS) is 18.7. The molecule has 0 saturated carbocycles. The molecule has 0 N–H and O–H groups in total. The zero-order valence-corrected chi connectivity index (χ0v) is 16.4. The Morgan fingerprint density at radius 2 is 1.96 bits per heavy atom. The molecule has 0 aliphatic carbocycles. The predicted molar refractivity (Wildman–Crippen MR) is 108 cm³/mol. The molecule has 3 aromatic rings. The van der Waals surface area contributed by atoms with Crippen LogP contribution in [0.25, 0.3) is 11.1 Å². The minimum atomic E-state index is 0.329. The second kappa shape index (κ2) is 6.99. The van der Waals surface area contributed by atoms with Crippen molar-refractivity contribution in [2.45, 2.75) is 32.4 Å². The lowest BCUT2D eigenvalue weighted by atomic mass is 10.00. The number of nitrogens with zero attached hydrogens (tertiary/aromatic N) is 3. The SMILES string of the molecule is Cc1cc(-c2cnn(C)c2)ccc1CN1CCCC1c1ccc2c(c1)OCO2. The van der Waals surface area contributed by atoms with E-state index in [-0.39, 0.29) is 0 Å². The summed E-state index contributed by atoms with van der Waals surface area (Å²) in [6, 6.07) is 13.6. The van der Waals surface area contributed by atoms with Gasteiger partial charge in [-0.15, -0.1) is 0 Å². The van der Waals surface area contributed by atoms with Crippen LogP contribution in [0, 0.1) is 6.92 Å². The van der Waals surface area contributed by atoms with Crippen molar-refractivity contribution in [3.05, 3.63) is 65.5 Å². The molecule has 1 aromatic heterocycles. The molecule has 28 heavy (non-hydrogen) atoms. The smallest absolute Gasteiger partial charge is 0.231 e. The van der Waals surface area contributed by atoms with Gasteiger partial charge in [0.25, 0.3) is 0 Å². The van der Waals surface area contributed by atoms with Crippen molar-refractivity contribution >= 4 is 0 Å². The molecule has 0 spiro atoms. The lowest BCUT2D eigenvalue weighted by Gasteiger charge is -2.26. The Balaban J connectivity index is 1.36. The molecule has 144 valence electrons. The van der Waals surface area contributed by atoms with E-state index in [1.165, 1.54) is 35.1 Å². The van der Waals surface area contributed by atoms with Crippen LogP contribution in [0.2, 0.25) is 0 Å². The maximum Gasteiger partial charge on any atom is 0.231 e. The molecule has 0 radical (unpaired) electrons. The Kier molecular flexibility index (Phi) is 4.32. The molecule has 2 aliphatic rings. The van der Waals surface area contributed by atoms with E-state index in [4.69, 9.17) is 9.47 Å². The Hall–Kier alpha value is -2.79. The second-order valence-electron chi connectivity index (χ2n) is 7.79. The third-order valence-electron chi connectivity index (χ3n) is 5.90. The van der Waals surface area contributed by atoms with Gasteiger partial charge >= 0.3 is 0 Å². The summed E-state index contributed by atoms with van der Waals surface area (Å²) in [5, 5.41) is 4.29. The highest BCUT2D eigenvalue weighted by Crippen LogP contribution is 2.39. The van der Waals surface area contributed by atoms with E-state index in [0.29, 0.717) is 12.8 Å². The molecule has 0 amide bonds. The van der Waals surface area contributed by atoms with Gasteiger partial charge in [-0.05, 0) is 60.7 Å². The van der Waals surface area contributed by atoms with Gasteiger partial charge in [0, 0.05) is 31.4 Å². The van der Waals surface area contributed by atoms with E-state index in [1.54, 1.807) is 0 Å². The molecule has 5 rings (SSSR count). The van der Waals surface area contributed by atoms with E-state index in [2.05, 4.69) is 53.5 Å². The lowest BCUT2D eigenvalue weighted by molar-refractivity contribution is 0.173. The van der Waals surface area contributed by atoms with Gasteiger partial charge in [-0.25, -0.2) is 0 Å². The van der Waals surface area contributed by atoms with E-state index < -0.39 is 0 Å². The summed E-state index contributed by atoms with van der Waals surface area (Å²) in [6.45, 7) is 4.64. The lowest BCUT2D eigenvalue weighted by Crippen LogP contribution is -2.23. The van der Waals surface area contributed by atoms with Crippen LogP contribution < -0.4 is 9.47 Å². The fraction of sp³-hybridized carbons (Fsp3) is 0.348. The maximum absolute atomic E-state index is 5.58. The number of aryl methyl sites for hydroxylation is 2. The predicted octanol–water partition coefficient (Wildman–Crippen LogP) is 4.46. The largest absolute Gasteiger partial charge is 0.454 e. The zero-order chi connectivity index (χ0) is 19.1. The zero-order valence-electron chi connectivity index (χ0n) is 16.4. The maximum atomic E-state index is 5.58. The van der Waals surface area contributed by atoms with Gasteiger partial charge in [0.1, 0.15) is 0 Å². The molecule has 1 fully saturated rings. The summed E-state index contributed by atoms with van der Waals surface area (Å²) in [6.07, 6.45) is 6.40. The van der Waals surface area contributed by atoms with Crippen LogP contribution in [0.15, 0.2) is 48.8 Å². The highest BCUT2D eigenvalue weighted by Gasteiger charge is 2.28. The van der Waals surface area contributed by atoms with Gasteiger partial charge in [0.2, 0.25) is 6.79 Å². The van der Waals surface area contributed by atoms with Crippen molar-refractivity contribution < 1.29 is 9.47 Å². The Labute approximate surface area is 165 Å². The summed E-state index contributed by atoms with van der Waals surface area (Å²) < 4.78 is 12.9. The van der Waals surface area contributed by atoms with Crippen molar-refractivity contribution in [2.75, 3.05) is 13.3 Å². The summed E-state index contributed by atoms with van der Waals surface area (Å²) in [7, 11) is 1.95. The summed E-state index contributed by atoms with van der Waals surface area (Å²) in [5.41, 5.74) is 6.43. The van der Waals surface area contributed by atoms with E-state index in [1.807, 2.05) is 24.0 Å². The van der Waals surface area contributed by atoms with E-state index in [9.17, 15) is 0 Å². The van der Waals surface area contributed by atoms with E-state index in [0.717, 1.165) is 30.2 Å². The fourth-order valence-corrected chi connectivity index (χ4v) is 4.36. The number of benzene rings is 2. The van der Waals surface area contributed by atoms with Crippen LogP contribution in [0.1, 0.15) is 35.6 Å². The molecule has 5 heteroatoms. The first kappa shape index (κ1) is 17.3. The first-order valence-electron chi connectivity index (χ1n) is 9.89. The first-order valence-corrected chi connectivity index (χ1v) is 9.89. The van der Waals surface area contributed by atoms with Gasteiger partial charge < -0.3 is 9.47 Å². The number of fused-ring (bicyclic) bond motifs is 1. The summed E-state index contributed by atoms with van der Waals surface area (Å²) in [5.74, 6) is 1.73. The number of ether oxygens (including phenoxy) is 2. The van der Waals surface area contributed by atoms with Crippen LogP contribution in [0.5, 0.6) is 11.5 Å². The number of hydrogen-bond acceptors (Lipinski definition) is 4. The van der Waals surface area contributed by atoms with Crippen molar-refractivity contribution in [3.63, 3.8) is 0 Å². The molecule has 5 nitrogen and oxygen atoms in total. The minimum Gasteiger partial charge on any atom is -0.454 e. The number of rotatable bonds is 4. The Morgan fingerprint density at radius 3 is 2.79 bits per heavy atom. The molecular weight excluding hydrogens is 350 g/mol. The van der Waals surface area contributed by atoms with Crippen molar-refractivity contribution in [1.29, 1.82) is 0 Å². The average Bonchev–Trinajstić information content (AvgIpc) is 3.43. The van der Waals surface area contributed by atoms with Gasteiger partial charge in [-0.2, -0.15) is 5.10 Å². The highest BCUT2D eigenvalue weighted by atomic mass is 16.7. The van der Waals surface area contributed by atoms with Crippen molar-refractivity contribution in [1.82, 2.24) is 14.7 Å². The third-order valence-corrected chi connectivity index (χ3v) is 5.90. The average molecular weight is 375 g/mol. The fourth-order valence-electron chi connectivity index (χ4n) is 4.36. The van der Waals surface area contributed by atoms with Crippen LogP contribution in [-0.2, 0) is 13.6 Å². The van der Waals surface area contributed by atoms with Crippen LogP contribution in [0.3, 0.4) is 0 Å². The Bertz CT molecular complexity index is 1010. The third kappa shape index (κ3) is 3.16. The van der Waals surface area contributed by atoms with Crippen LogP contribution >= 0.6 is 0 Å². The number of hydrogen-bond donors (Lipinski definition) is 0. The highest BCUT2D eigenvalue weighted by molar-refractivity contribution is 5.63. The van der Waals surface area contributed by atoms with Gasteiger partial charge in [0.05, 0.1) is 6.20 Å². The van der Waals surface area contributed by atoms with Crippen molar-refractivity contribution in [2.24, 2.45) is 7.05 Å². The molecule has 0 bridgehead atoms. The van der Waals surface area contributed by atoms with Crippen LogP contribution in [-0.4, -0.2) is 28.0 Å². The molecule has 3 heterocycles. The monoisotopic (exact) mass is 375 g/mol. The first-order chi connectivity index (χ1) is 13.7. The van der Waals surface area contributed by atoms with Gasteiger partial charge in [-0.3, -0.25) is 9.58 Å². The molecule has 1 atom stereocenters. The molecule has 1 saturated heterocycles. The Morgan fingerprint density at radius 1 is 1.07 bits per heavy atom. The summed E-state index contributed by atoms with van der Waals surface area (Å²) in [4.78, 5) is 2.59. The van der Waals surface area contributed by atoms with Crippen LogP contribution in [0.4, 0.5) is 0 Å². The summed E-state index contributed by atoms with van der Waals surface area (Å²) >= 11 is 0. The van der Waals surface area contributed by atoms with Gasteiger partial charge in [0.15, 0.2) is 11.5 Å². The molecule has 2 aliphatic heterocycles. The quantitative estimate of drug-likeness (QED) is 0.675. The number of likely N-dealkylation sites (tertiary alicyclic amines) is 1. The van der Waals surface area contributed by atoms with Crippen molar-refractivity contribution in [3.8, 4) is 22.6 Å². The molecule has 1 unspecified atom stereocenters.